The minimum absolute atomic E-state index is 0.154. The lowest BCUT2D eigenvalue weighted by atomic mass is 10.2. The number of furan rings is 1. The summed E-state index contributed by atoms with van der Waals surface area (Å²) in [6, 6.07) is 9.13. The minimum atomic E-state index is -0.630. The first-order valence-electron chi connectivity index (χ1n) is 8.68. The van der Waals surface area contributed by atoms with Gasteiger partial charge in [0.15, 0.2) is 0 Å². The van der Waals surface area contributed by atoms with E-state index in [0.717, 1.165) is 16.7 Å². The number of benzene rings is 1. The van der Waals surface area contributed by atoms with E-state index in [-0.39, 0.29) is 16.8 Å². The van der Waals surface area contributed by atoms with Gasteiger partial charge in [-0.05, 0) is 61.5 Å². The SMILES string of the molecule is CC[C@@H](C)OC(=O)CN1C(=O)S/C(=C\c2ccc(-c3ccc(F)cc3)o2)C1=O. The van der Waals surface area contributed by atoms with Gasteiger partial charge in [0.2, 0.25) is 0 Å². The molecule has 2 amide bonds. The Balaban J connectivity index is 1.71. The highest BCUT2D eigenvalue weighted by atomic mass is 32.2. The Hall–Kier alpha value is -2.87. The van der Waals surface area contributed by atoms with E-state index in [4.69, 9.17) is 9.15 Å². The highest BCUT2D eigenvalue weighted by Gasteiger charge is 2.37. The number of carbonyl (C=O) groups excluding carboxylic acids is 3. The summed E-state index contributed by atoms with van der Waals surface area (Å²) in [6.45, 7) is 3.18. The number of rotatable bonds is 6. The Kier molecular flexibility index (Phi) is 5.99. The molecule has 2 heterocycles. The molecule has 6 nitrogen and oxygen atoms in total. The van der Waals surface area contributed by atoms with Crippen molar-refractivity contribution >= 4 is 35.0 Å². The molecule has 0 N–H and O–H groups in total. The van der Waals surface area contributed by atoms with Crippen LogP contribution in [0.25, 0.3) is 17.4 Å². The molecule has 0 aliphatic carbocycles. The van der Waals surface area contributed by atoms with Crippen LogP contribution in [0.3, 0.4) is 0 Å². The van der Waals surface area contributed by atoms with Gasteiger partial charge in [0.05, 0.1) is 11.0 Å². The monoisotopic (exact) mass is 403 g/mol. The molecule has 3 rings (SSSR count). The molecule has 0 radical (unpaired) electrons. The Morgan fingerprint density at radius 2 is 1.96 bits per heavy atom. The summed E-state index contributed by atoms with van der Waals surface area (Å²) in [7, 11) is 0. The number of halogens is 1. The average molecular weight is 403 g/mol. The molecule has 0 bridgehead atoms. The van der Waals surface area contributed by atoms with E-state index in [1.165, 1.54) is 18.2 Å². The molecule has 1 atom stereocenters. The highest BCUT2D eigenvalue weighted by Crippen LogP contribution is 2.33. The molecule has 8 heteroatoms. The van der Waals surface area contributed by atoms with E-state index in [1.54, 1.807) is 31.2 Å². The van der Waals surface area contributed by atoms with Gasteiger partial charge in [0.25, 0.3) is 11.1 Å². The van der Waals surface area contributed by atoms with Crippen molar-refractivity contribution in [3.63, 3.8) is 0 Å². The molecule has 2 aromatic rings. The van der Waals surface area contributed by atoms with Crippen LogP contribution in [0.4, 0.5) is 9.18 Å². The van der Waals surface area contributed by atoms with Gasteiger partial charge >= 0.3 is 5.97 Å². The van der Waals surface area contributed by atoms with Gasteiger partial charge < -0.3 is 9.15 Å². The summed E-state index contributed by atoms with van der Waals surface area (Å²) in [5.74, 6) is -0.684. The van der Waals surface area contributed by atoms with Gasteiger partial charge in [0, 0.05) is 11.6 Å². The number of amides is 2. The minimum Gasteiger partial charge on any atom is -0.461 e. The predicted molar refractivity (Wildman–Crippen MR) is 103 cm³/mol. The number of imide groups is 1. The van der Waals surface area contributed by atoms with Gasteiger partial charge in [-0.3, -0.25) is 19.3 Å². The molecule has 0 unspecified atom stereocenters. The van der Waals surface area contributed by atoms with Gasteiger partial charge in [0.1, 0.15) is 23.9 Å². The molecule has 1 aromatic heterocycles. The molecule has 1 saturated heterocycles. The molecular weight excluding hydrogens is 385 g/mol. The highest BCUT2D eigenvalue weighted by molar-refractivity contribution is 8.18. The summed E-state index contributed by atoms with van der Waals surface area (Å²) < 4.78 is 23.8. The molecule has 0 spiro atoms. The lowest BCUT2D eigenvalue weighted by Gasteiger charge is -2.14. The van der Waals surface area contributed by atoms with Crippen LogP contribution in [-0.4, -0.2) is 34.7 Å². The van der Waals surface area contributed by atoms with Crippen LogP contribution in [-0.2, 0) is 14.3 Å². The van der Waals surface area contributed by atoms with E-state index in [2.05, 4.69) is 0 Å². The van der Waals surface area contributed by atoms with E-state index >= 15 is 0 Å². The first-order chi connectivity index (χ1) is 13.4. The summed E-state index contributed by atoms with van der Waals surface area (Å²) in [6.07, 6.45) is 1.80. The first kappa shape index (κ1) is 19.9. The van der Waals surface area contributed by atoms with E-state index in [9.17, 15) is 18.8 Å². The third-order valence-corrected chi connectivity index (χ3v) is 5.00. The van der Waals surface area contributed by atoms with E-state index in [1.807, 2.05) is 6.92 Å². The first-order valence-corrected chi connectivity index (χ1v) is 9.49. The quantitative estimate of drug-likeness (QED) is 0.523. The van der Waals surface area contributed by atoms with Crippen LogP contribution >= 0.6 is 11.8 Å². The Morgan fingerprint density at radius 1 is 1.25 bits per heavy atom. The maximum atomic E-state index is 13.0. The second-order valence-electron chi connectivity index (χ2n) is 6.19. The third kappa shape index (κ3) is 4.51. The van der Waals surface area contributed by atoms with Crippen molar-refractivity contribution in [1.82, 2.24) is 4.90 Å². The number of hydrogen-bond donors (Lipinski definition) is 0. The topological polar surface area (TPSA) is 76.8 Å². The third-order valence-electron chi connectivity index (χ3n) is 4.10. The van der Waals surface area contributed by atoms with E-state index in [0.29, 0.717) is 23.5 Å². The number of thioether (sulfide) groups is 1. The van der Waals surface area contributed by atoms with Gasteiger partial charge in [-0.15, -0.1) is 0 Å². The van der Waals surface area contributed by atoms with Crippen molar-refractivity contribution in [2.75, 3.05) is 6.54 Å². The zero-order valence-corrected chi connectivity index (χ0v) is 16.1. The number of carbonyl (C=O) groups is 3. The standard InChI is InChI=1S/C20H18FNO5S/c1-3-12(2)26-18(23)11-22-19(24)17(28-20(22)25)10-15-8-9-16(27-15)13-4-6-14(21)7-5-13/h4-10,12H,3,11H2,1-2H3/b17-10-/t12-/m1/s1. The van der Waals surface area contributed by atoms with Crippen LogP contribution in [0.2, 0.25) is 0 Å². The van der Waals surface area contributed by atoms with Crippen LogP contribution in [0.1, 0.15) is 26.0 Å². The summed E-state index contributed by atoms with van der Waals surface area (Å²) >= 11 is 0.731. The maximum absolute atomic E-state index is 13.0. The van der Waals surface area contributed by atoms with Crippen LogP contribution in [0, 0.1) is 5.82 Å². The summed E-state index contributed by atoms with van der Waals surface area (Å²) in [5, 5.41) is -0.539. The fourth-order valence-electron chi connectivity index (χ4n) is 2.44. The molecule has 28 heavy (non-hydrogen) atoms. The van der Waals surface area contributed by atoms with E-state index < -0.39 is 23.7 Å². The summed E-state index contributed by atoms with van der Waals surface area (Å²) in [5.41, 5.74) is 0.682. The fourth-order valence-corrected chi connectivity index (χ4v) is 3.26. The largest absolute Gasteiger partial charge is 0.461 e. The maximum Gasteiger partial charge on any atom is 0.326 e. The second kappa shape index (κ2) is 8.43. The Labute approximate surface area is 165 Å². The molecule has 1 aromatic carbocycles. The van der Waals surface area contributed by atoms with Crippen molar-refractivity contribution in [1.29, 1.82) is 0 Å². The molecule has 0 saturated carbocycles. The second-order valence-corrected chi connectivity index (χ2v) is 7.18. The molecule has 1 aliphatic rings. The van der Waals surface area contributed by atoms with Crippen molar-refractivity contribution in [2.45, 2.75) is 26.4 Å². The average Bonchev–Trinajstić information content (AvgIpc) is 3.23. The number of nitrogens with zero attached hydrogens (tertiary/aromatic N) is 1. The summed E-state index contributed by atoms with van der Waals surface area (Å²) in [4.78, 5) is 37.4. The van der Waals surface area contributed by atoms with Crippen molar-refractivity contribution in [3.8, 4) is 11.3 Å². The molecule has 1 aliphatic heterocycles. The van der Waals surface area contributed by atoms with Gasteiger partial charge in [-0.25, -0.2) is 4.39 Å². The van der Waals surface area contributed by atoms with Crippen molar-refractivity contribution in [2.24, 2.45) is 0 Å². The predicted octanol–water partition coefficient (Wildman–Crippen LogP) is 4.46. The molecule has 146 valence electrons. The molecule has 1 fully saturated rings. The number of ether oxygens (including phenoxy) is 1. The lowest BCUT2D eigenvalue weighted by molar-refractivity contribution is -0.150. The van der Waals surface area contributed by atoms with Crippen LogP contribution in [0.15, 0.2) is 45.7 Å². The van der Waals surface area contributed by atoms with Crippen molar-refractivity contribution < 1.29 is 27.9 Å². The Bertz CT molecular complexity index is 934. The zero-order chi connectivity index (χ0) is 20.3. The van der Waals surface area contributed by atoms with Crippen LogP contribution in [0.5, 0.6) is 0 Å². The normalized spacial score (nSPS) is 16.7. The number of esters is 1. The van der Waals surface area contributed by atoms with Crippen molar-refractivity contribution in [3.05, 3.63) is 52.9 Å². The Morgan fingerprint density at radius 3 is 2.64 bits per heavy atom. The van der Waals surface area contributed by atoms with Gasteiger partial charge in [-0.1, -0.05) is 6.92 Å². The van der Waals surface area contributed by atoms with Gasteiger partial charge in [-0.2, -0.15) is 0 Å². The van der Waals surface area contributed by atoms with Crippen LogP contribution < -0.4 is 0 Å². The smallest absolute Gasteiger partial charge is 0.326 e. The lowest BCUT2D eigenvalue weighted by Crippen LogP contribution is -2.35. The fraction of sp³-hybridized carbons (Fsp3) is 0.250. The number of hydrogen-bond acceptors (Lipinski definition) is 6. The zero-order valence-electron chi connectivity index (χ0n) is 15.3. The molecular formula is C20H18FNO5S.